The van der Waals surface area contributed by atoms with Gasteiger partial charge in [0.1, 0.15) is 5.82 Å². The molecule has 3 aromatic rings. The van der Waals surface area contributed by atoms with Gasteiger partial charge in [0.05, 0.1) is 11.0 Å². The van der Waals surface area contributed by atoms with E-state index < -0.39 is 0 Å². The van der Waals surface area contributed by atoms with E-state index in [1.165, 1.54) is 0 Å². The summed E-state index contributed by atoms with van der Waals surface area (Å²) in [5.74, 6) is 1.37. The molecule has 0 unspecified atom stereocenters. The Hall–Kier alpha value is -2.04. The number of imidazole rings is 1. The SMILES string of the molecule is CC(C)CNC(=O)CCn1c(Cc2ccc(Cl)cc2Cl)nc2ccccc21. The quantitative estimate of drug-likeness (QED) is 0.596. The number of nitrogens with one attached hydrogen (secondary N) is 1. The molecule has 0 atom stereocenters. The number of para-hydroxylation sites is 2. The molecule has 3 rings (SSSR count). The molecule has 0 radical (unpaired) electrons. The molecule has 0 aliphatic heterocycles. The smallest absolute Gasteiger partial charge is 0.221 e. The molecule has 142 valence electrons. The molecule has 0 aliphatic carbocycles. The van der Waals surface area contributed by atoms with Crippen LogP contribution in [-0.4, -0.2) is 22.0 Å². The number of rotatable bonds is 7. The highest BCUT2D eigenvalue weighted by Gasteiger charge is 2.14. The average molecular weight is 404 g/mol. The minimum absolute atomic E-state index is 0.0527. The van der Waals surface area contributed by atoms with E-state index in [1.807, 2.05) is 36.4 Å². The number of hydrogen-bond donors (Lipinski definition) is 1. The predicted octanol–water partition coefficient (Wildman–Crippen LogP) is 5.10. The van der Waals surface area contributed by atoms with Crippen molar-refractivity contribution in [1.82, 2.24) is 14.9 Å². The van der Waals surface area contributed by atoms with Gasteiger partial charge in [0.15, 0.2) is 0 Å². The first-order valence-corrected chi connectivity index (χ1v) is 9.84. The van der Waals surface area contributed by atoms with Crippen molar-refractivity contribution in [2.24, 2.45) is 5.92 Å². The Labute approximate surface area is 169 Å². The minimum Gasteiger partial charge on any atom is -0.356 e. The normalized spacial score (nSPS) is 11.3. The maximum Gasteiger partial charge on any atom is 0.221 e. The number of hydrogen-bond acceptors (Lipinski definition) is 2. The zero-order valence-electron chi connectivity index (χ0n) is 15.5. The van der Waals surface area contributed by atoms with E-state index in [4.69, 9.17) is 28.2 Å². The van der Waals surface area contributed by atoms with Crippen molar-refractivity contribution in [2.75, 3.05) is 6.54 Å². The van der Waals surface area contributed by atoms with Crippen LogP contribution in [0.5, 0.6) is 0 Å². The van der Waals surface area contributed by atoms with E-state index in [2.05, 4.69) is 23.7 Å². The average Bonchev–Trinajstić information content (AvgIpc) is 2.97. The van der Waals surface area contributed by atoms with Crippen LogP contribution in [0, 0.1) is 5.92 Å². The van der Waals surface area contributed by atoms with Gasteiger partial charge < -0.3 is 9.88 Å². The van der Waals surface area contributed by atoms with E-state index in [0.717, 1.165) is 22.4 Å². The first-order chi connectivity index (χ1) is 12.9. The van der Waals surface area contributed by atoms with Crippen molar-refractivity contribution in [3.8, 4) is 0 Å². The highest BCUT2D eigenvalue weighted by atomic mass is 35.5. The van der Waals surface area contributed by atoms with Gasteiger partial charge in [0.25, 0.3) is 0 Å². The largest absolute Gasteiger partial charge is 0.356 e. The Morgan fingerprint density at radius 1 is 1.19 bits per heavy atom. The summed E-state index contributed by atoms with van der Waals surface area (Å²) in [6.07, 6.45) is 0.993. The summed E-state index contributed by atoms with van der Waals surface area (Å²) in [5.41, 5.74) is 2.90. The first kappa shape index (κ1) is 19.7. The van der Waals surface area contributed by atoms with Crippen molar-refractivity contribution < 1.29 is 4.79 Å². The number of fused-ring (bicyclic) bond motifs is 1. The summed E-state index contributed by atoms with van der Waals surface area (Å²) in [5, 5.41) is 4.20. The van der Waals surface area contributed by atoms with Crippen molar-refractivity contribution >= 4 is 40.1 Å². The molecule has 1 aromatic heterocycles. The van der Waals surface area contributed by atoms with Crippen molar-refractivity contribution in [2.45, 2.75) is 33.2 Å². The van der Waals surface area contributed by atoms with E-state index in [-0.39, 0.29) is 5.91 Å². The number of benzene rings is 2. The summed E-state index contributed by atoms with van der Waals surface area (Å²) in [6.45, 7) is 5.43. The molecule has 0 aliphatic rings. The van der Waals surface area contributed by atoms with Gasteiger partial charge in [-0.15, -0.1) is 0 Å². The van der Waals surface area contributed by atoms with Crippen LogP contribution in [0.25, 0.3) is 11.0 Å². The highest BCUT2D eigenvalue weighted by molar-refractivity contribution is 6.35. The zero-order chi connectivity index (χ0) is 19.4. The summed E-state index contributed by atoms with van der Waals surface area (Å²) < 4.78 is 2.11. The van der Waals surface area contributed by atoms with E-state index in [9.17, 15) is 4.79 Å². The lowest BCUT2D eigenvalue weighted by Gasteiger charge is -2.11. The molecule has 0 saturated carbocycles. The van der Waals surface area contributed by atoms with Gasteiger partial charge in [0, 0.05) is 36.0 Å². The maximum atomic E-state index is 12.2. The minimum atomic E-state index is 0.0527. The molecular weight excluding hydrogens is 381 g/mol. The number of amides is 1. The monoisotopic (exact) mass is 403 g/mol. The van der Waals surface area contributed by atoms with Crippen LogP contribution < -0.4 is 5.32 Å². The number of aryl methyl sites for hydroxylation is 1. The summed E-state index contributed by atoms with van der Waals surface area (Å²) in [7, 11) is 0. The Kier molecular flexibility index (Phi) is 6.40. The summed E-state index contributed by atoms with van der Waals surface area (Å²) in [6, 6.07) is 13.5. The third kappa shape index (κ3) is 5.02. The van der Waals surface area contributed by atoms with Gasteiger partial charge in [-0.2, -0.15) is 0 Å². The zero-order valence-corrected chi connectivity index (χ0v) is 17.0. The second-order valence-corrected chi connectivity index (χ2v) is 7.87. The number of halogens is 2. The Bertz CT molecular complexity index is 950. The van der Waals surface area contributed by atoms with Gasteiger partial charge in [0.2, 0.25) is 5.91 Å². The van der Waals surface area contributed by atoms with Gasteiger partial charge in [-0.3, -0.25) is 4.79 Å². The lowest BCUT2D eigenvalue weighted by Crippen LogP contribution is -2.28. The third-order valence-corrected chi connectivity index (χ3v) is 4.95. The van der Waals surface area contributed by atoms with Crippen molar-refractivity contribution in [3.05, 3.63) is 63.9 Å². The lowest BCUT2D eigenvalue weighted by molar-refractivity contribution is -0.121. The van der Waals surface area contributed by atoms with Crippen LogP contribution in [-0.2, 0) is 17.8 Å². The molecule has 2 aromatic carbocycles. The van der Waals surface area contributed by atoms with Crippen LogP contribution in [0.2, 0.25) is 10.0 Å². The fraction of sp³-hybridized carbons (Fsp3) is 0.333. The first-order valence-electron chi connectivity index (χ1n) is 9.09. The van der Waals surface area contributed by atoms with Crippen molar-refractivity contribution in [3.63, 3.8) is 0 Å². The standard InChI is InChI=1S/C21H23Cl2N3O/c1-14(2)13-24-21(27)9-10-26-19-6-4-3-5-18(19)25-20(26)11-15-7-8-16(22)12-17(15)23/h3-8,12,14H,9-11,13H2,1-2H3,(H,24,27). The molecule has 27 heavy (non-hydrogen) atoms. The van der Waals surface area contributed by atoms with Gasteiger partial charge >= 0.3 is 0 Å². The summed E-state index contributed by atoms with van der Waals surface area (Å²) >= 11 is 12.3. The molecule has 0 bridgehead atoms. The second kappa shape index (κ2) is 8.77. The number of carbonyl (C=O) groups is 1. The van der Waals surface area contributed by atoms with E-state index in [0.29, 0.717) is 41.9 Å². The lowest BCUT2D eigenvalue weighted by atomic mass is 10.1. The Balaban J connectivity index is 1.84. The van der Waals surface area contributed by atoms with Crippen LogP contribution >= 0.6 is 23.2 Å². The number of nitrogens with zero attached hydrogens (tertiary/aromatic N) is 2. The molecule has 0 saturated heterocycles. The topological polar surface area (TPSA) is 46.9 Å². The fourth-order valence-electron chi connectivity index (χ4n) is 2.96. The van der Waals surface area contributed by atoms with Crippen LogP contribution in [0.3, 0.4) is 0 Å². The van der Waals surface area contributed by atoms with Gasteiger partial charge in [-0.05, 0) is 35.7 Å². The van der Waals surface area contributed by atoms with Crippen LogP contribution in [0.15, 0.2) is 42.5 Å². The molecule has 1 N–H and O–H groups in total. The molecule has 6 heteroatoms. The predicted molar refractivity (Wildman–Crippen MR) is 111 cm³/mol. The van der Waals surface area contributed by atoms with E-state index in [1.54, 1.807) is 6.07 Å². The molecule has 1 heterocycles. The summed E-state index contributed by atoms with van der Waals surface area (Å²) in [4.78, 5) is 16.9. The molecular formula is C21H23Cl2N3O. The van der Waals surface area contributed by atoms with Crippen LogP contribution in [0.4, 0.5) is 0 Å². The fourth-order valence-corrected chi connectivity index (χ4v) is 3.44. The molecule has 4 nitrogen and oxygen atoms in total. The Morgan fingerprint density at radius 3 is 2.70 bits per heavy atom. The Morgan fingerprint density at radius 2 is 1.96 bits per heavy atom. The van der Waals surface area contributed by atoms with E-state index >= 15 is 0 Å². The van der Waals surface area contributed by atoms with Gasteiger partial charge in [-0.1, -0.05) is 55.2 Å². The van der Waals surface area contributed by atoms with Gasteiger partial charge in [-0.25, -0.2) is 4.98 Å². The number of carbonyl (C=O) groups excluding carboxylic acids is 1. The second-order valence-electron chi connectivity index (χ2n) is 7.03. The highest BCUT2D eigenvalue weighted by Crippen LogP contribution is 2.25. The number of aromatic nitrogens is 2. The maximum absolute atomic E-state index is 12.2. The molecule has 0 spiro atoms. The van der Waals surface area contributed by atoms with Crippen molar-refractivity contribution in [1.29, 1.82) is 0 Å². The molecule has 1 amide bonds. The van der Waals surface area contributed by atoms with Crippen LogP contribution in [0.1, 0.15) is 31.7 Å². The molecule has 0 fully saturated rings. The third-order valence-electron chi connectivity index (χ3n) is 4.37.